The fourth-order valence-electron chi connectivity index (χ4n) is 1.96. The van der Waals surface area contributed by atoms with Crippen molar-refractivity contribution in [3.05, 3.63) is 0 Å². The molecule has 2 N–H and O–H groups in total. The van der Waals surface area contributed by atoms with Gasteiger partial charge in [0.1, 0.15) is 0 Å². The van der Waals surface area contributed by atoms with Crippen molar-refractivity contribution in [3.8, 4) is 0 Å². The number of hydrogen-bond donors (Lipinski definition) is 2. The van der Waals surface area contributed by atoms with Crippen molar-refractivity contribution in [1.82, 2.24) is 15.5 Å². The average Bonchev–Trinajstić information content (AvgIpc) is 2.24. The lowest BCUT2D eigenvalue weighted by atomic mass is 10.1. The van der Waals surface area contributed by atoms with Gasteiger partial charge in [0.2, 0.25) is 5.91 Å². The minimum atomic E-state index is 0.161. The standard InChI is InChI=1S/C12H25N3O/c1-4-5-6-13-12(16)9-15-8-10(2)14-7-11(15)3/h10-11,14H,4-9H2,1-3H3,(H,13,16). The molecule has 4 nitrogen and oxygen atoms in total. The number of nitrogens with zero attached hydrogens (tertiary/aromatic N) is 1. The van der Waals surface area contributed by atoms with E-state index >= 15 is 0 Å². The molecule has 0 aromatic rings. The first-order chi connectivity index (χ1) is 7.63. The van der Waals surface area contributed by atoms with E-state index in [4.69, 9.17) is 0 Å². The van der Waals surface area contributed by atoms with E-state index in [-0.39, 0.29) is 5.91 Å². The highest BCUT2D eigenvalue weighted by Crippen LogP contribution is 2.05. The number of carbonyl (C=O) groups excluding carboxylic acids is 1. The Bertz CT molecular complexity index is 220. The number of amides is 1. The molecule has 1 saturated heterocycles. The molecule has 1 rings (SSSR count). The molecule has 0 spiro atoms. The van der Waals surface area contributed by atoms with Gasteiger partial charge in [0, 0.05) is 31.7 Å². The zero-order valence-corrected chi connectivity index (χ0v) is 10.8. The van der Waals surface area contributed by atoms with Crippen LogP contribution < -0.4 is 10.6 Å². The van der Waals surface area contributed by atoms with Gasteiger partial charge in [-0.3, -0.25) is 9.69 Å². The summed E-state index contributed by atoms with van der Waals surface area (Å²) in [6.07, 6.45) is 2.20. The first-order valence-corrected chi connectivity index (χ1v) is 6.37. The molecule has 0 saturated carbocycles. The number of hydrogen-bond acceptors (Lipinski definition) is 3. The molecule has 2 atom stereocenters. The van der Waals surface area contributed by atoms with Gasteiger partial charge in [0.25, 0.3) is 0 Å². The Balaban J connectivity index is 2.25. The number of unbranched alkanes of at least 4 members (excludes halogenated alkanes) is 1. The molecule has 0 aromatic heterocycles. The number of nitrogens with one attached hydrogen (secondary N) is 2. The van der Waals surface area contributed by atoms with Gasteiger partial charge in [-0.15, -0.1) is 0 Å². The second-order valence-corrected chi connectivity index (χ2v) is 4.79. The molecule has 0 radical (unpaired) electrons. The lowest BCUT2D eigenvalue weighted by Gasteiger charge is -2.36. The third-order valence-electron chi connectivity index (χ3n) is 3.09. The van der Waals surface area contributed by atoms with Crippen LogP contribution in [0.2, 0.25) is 0 Å². The summed E-state index contributed by atoms with van der Waals surface area (Å²) >= 11 is 0. The lowest BCUT2D eigenvalue weighted by molar-refractivity contribution is -0.123. The van der Waals surface area contributed by atoms with Crippen LogP contribution in [0, 0.1) is 0 Å². The Morgan fingerprint density at radius 1 is 1.50 bits per heavy atom. The van der Waals surface area contributed by atoms with E-state index in [0.717, 1.165) is 32.5 Å². The van der Waals surface area contributed by atoms with Crippen LogP contribution in [0.5, 0.6) is 0 Å². The van der Waals surface area contributed by atoms with Gasteiger partial charge < -0.3 is 10.6 Å². The van der Waals surface area contributed by atoms with Crippen LogP contribution in [0.15, 0.2) is 0 Å². The van der Waals surface area contributed by atoms with E-state index in [1.165, 1.54) is 0 Å². The predicted octanol–water partition coefficient (Wildman–Crippen LogP) is 0.585. The second-order valence-electron chi connectivity index (χ2n) is 4.79. The highest BCUT2D eigenvalue weighted by Gasteiger charge is 2.23. The Labute approximate surface area is 98.8 Å². The Hall–Kier alpha value is -0.610. The maximum atomic E-state index is 11.7. The predicted molar refractivity (Wildman–Crippen MR) is 66.4 cm³/mol. The molecule has 1 heterocycles. The molecule has 16 heavy (non-hydrogen) atoms. The molecule has 1 aliphatic rings. The second kappa shape index (κ2) is 6.86. The molecule has 1 amide bonds. The Kier molecular flexibility index (Phi) is 5.77. The van der Waals surface area contributed by atoms with Crippen molar-refractivity contribution in [3.63, 3.8) is 0 Å². The zero-order valence-electron chi connectivity index (χ0n) is 10.8. The van der Waals surface area contributed by atoms with Crippen molar-refractivity contribution in [1.29, 1.82) is 0 Å². The van der Waals surface area contributed by atoms with Crippen molar-refractivity contribution in [2.45, 2.75) is 45.7 Å². The van der Waals surface area contributed by atoms with Gasteiger partial charge in [-0.2, -0.15) is 0 Å². The van der Waals surface area contributed by atoms with Crippen LogP contribution in [0.25, 0.3) is 0 Å². The minimum absolute atomic E-state index is 0.161. The molecule has 1 aliphatic heterocycles. The maximum Gasteiger partial charge on any atom is 0.234 e. The van der Waals surface area contributed by atoms with Crippen LogP contribution in [0.1, 0.15) is 33.6 Å². The number of rotatable bonds is 5. The summed E-state index contributed by atoms with van der Waals surface area (Å²) < 4.78 is 0. The molecular weight excluding hydrogens is 202 g/mol. The van der Waals surface area contributed by atoms with Crippen molar-refractivity contribution >= 4 is 5.91 Å². The van der Waals surface area contributed by atoms with Crippen molar-refractivity contribution in [2.75, 3.05) is 26.2 Å². The molecule has 0 aliphatic carbocycles. The van der Waals surface area contributed by atoms with E-state index in [2.05, 4.69) is 36.3 Å². The molecule has 0 bridgehead atoms. The zero-order chi connectivity index (χ0) is 12.0. The van der Waals surface area contributed by atoms with Gasteiger partial charge in [-0.05, 0) is 20.3 Å². The summed E-state index contributed by atoms with van der Waals surface area (Å²) in [4.78, 5) is 13.9. The fourth-order valence-corrected chi connectivity index (χ4v) is 1.96. The number of carbonyl (C=O) groups is 1. The SMILES string of the molecule is CCCCNC(=O)CN1CC(C)NCC1C. The first kappa shape index (κ1) is 13.5. The topological polar surface area (TPSA) is 44.4 Å². The van der Waals surface area contributed by atoms with E-state index in [0.29, 0.717) is 18.6 Å². The van der Waals surface area contributed by atoms with Crippen LogP contribution in [0.3, 0.4) is 0 Å². The van der Waals surface area contributed by atoms with Gasteiger partial charge in [-0.1, -0.05) is 13.3 Å². The average molecular weight is 227 g/mol. The fraction of sp³-hybridized carbons (Fsp3) is 0.917. The summed E-state index contributed by atoms with van der Waals surface area (Å²) in [6.45, 7) is 9.74. The largest absolute Gasteiger partial charge is 0.355 e. The van der Waals surface area contributed by atoms with Crippen molar-refractivity contribution in [2.24, 2.45) is 0 Å². The molecular formula is C12H25N3O. The van der Waals surface area contributed by atoms with Crippen LogP contribution >= 0.6 is 0 Å². The smallest absolute Gasteiger partial charge is 0.234 e. The Morgan fingerprint density at radius 2 is 2.25 bits per heavy atom. The van der Waals surface area contributed by atoms with E-state index in [9.17, 15) is 4.79 Å². The summed E-state index contributed by atoms with van der Waals surface area (Å²) in [5.74, 6) is 0.161. The molecule has 1 fully saturated rings. The maximum absolute atomic E-state index is 11.7. The first-order valence-electron chi connectivity index (χ1n) is 6.37. The van der Waals surface area contributed by atoms with Crippen molar-refractivity contribution < 1.29 is 4.79 Å². The Morgan fingerprint density at radius 3 is 2.94 bits per heavy atom. The molecule has 2 unspecified atom stereocenters. The van der Waals surface area contributed by atoms with Crippen LogP contribution in [-0.2, 0) is 4.79 Å². The van der Waals surface area contributed by atoms with E-state index in [1.54, 1.807) is 0 Å². The van der Waals surface area contributed by atoms with Crippen LogP contribution in [0.4, 0.5) is 0 Å². The van der Waals surface area contributed by atoms with Gasteiger partial charge in [0.05, 0.1) is 6.54 Å². The summed E-state index contributed by atoms with van der Waals surface area (Å²) in [5.41, 5.74) is 0. The molecule has 94 valence electrons. The van der Waals surface area contributed by atoms with E-state index < -0.39 is 0 Å². The van der Waals surface area contributed by atoms with Crippen LogP contribution in [-0.4, -0.2) is 49.1 Å². The van der Waals surface area contributed by atoms with Gasteiger partial charge >= 0.3 is 0 Å². The lowest BCUT2D eigenvalue weighted by Crippen LogP contribution is -2.56. The molecule has 0 aromatic carbocycles. The minimum Gasteiger partial charge on any atom is -0.355 e. The monoisotopic (exact) mass is 227 g/mol. The summed E-state index contributed by atoms with van der Waals surface area (Å²) in [6, 6.07) is 0.938. The quantitative estimate of drug-likeness (QED) is 0.676. The number of piperazine rings is 1. The third-order valence-corrected chi connectivity index (χ3v) is 3.09. The summed E-state index contributed by atoms with van der Waals surface area (Å²) in [5, 5.41) is 6.38. The molecule has 4 heteroatoms. The van der Waals surface area contributed by atoms with E-state index in [1.807, 2.05) is 0 Å². The van der Waals surface area contributed by atoms with Gasteiger partial charge in [0.15, 0.2) is 0 Å². The van der Waals surface area contributed by atoms with Gasteiger partial charge in [-0.25, -0.2) is 0 Å². The summed E-state index contributed by atoms with van der Waals surface area (Å²) in [7, 11) is 0. The normalized spacial score (nSPS) is 26.7. The highest BCUT2D eigenvalue weighted by atomic mass is 16.2. The third kappa shape index (κ3) is 4.49. The highest BCUT2D eigenvalue weighted by molar-refractivity contribution is 5.78.